The quantitative estimate of drug-likeness (QED) is 0.878. The van der Waals surface area contributed by atoms with Crippen molar-refractivity contribution in [1.29, 1.82) is 0 Å². The van der Waals surface area contributed by atoms with Gasteiger partial charge in [-0.1, -0.05) is 20.3 Å². The minimum Gasteiger partial charge on any atom is -0.382 e. The molecule has 1 saturated carbocycles. The number of nitrogens with one attached hydrogen (secondary N) is 2. The molecule has 3 atom stereocenters. The van der Waals surface area contributed by atoms with Crippen molar-refractivity contribution in [2.75, 3.05) is 12.4 Å². The van der Waals surface area contributed by atoms with Crippen LogP contribution in [0.25, 0.3) is 0 Å². The van der Waals surface area contributed by atoms with Crippen LogP contribution in [0.15, 0.2) is 29.2 Å². The molecule has 1 aliphatic carbocycles. The molecule has 1 aliphatic rings. The van der Waals surface area contributed by atoms with Crippen molar-refractivity contribution in [3.8, 4) is 0 Å². The Morgan fingerprint density at radius 1 is 1.20 bits per heavy atom. The van der Waals surface area contributed by atoms with Gasteiger partial charge in [0.25, 0.3) is 0 Å². The maximum Gasteiger partial charge on any atom is 0.240 e. The second kappa shape index (κ2) is 6.14. The Morgan fingerprint density at radius 2 is 1.85 bits per heavy atom. The van der Waals surface area contributed by atoms with Crippen LogP contribution < -0.4 is 10.0 Å². The van der Waals surface area contributed by atoms with Crippen molar-refractivity contribution in [2.45, 2.75) is 44.0 Å². The summed E-state index contributed by atoms with van der Waals surface area (Å²) in [6.45, 7) is 4.56. The van der Waals surface area contributed by atoms with Gasteiger partial charge >= 0.3 is 0 Å². The second-order valence-electron chi connectivity index (χ2n) is 5.59. The molecule has 0 aromatic heterocycles. The molecule has 0 radical (unpaired) electrons. The summed E-state index contributed by atoms with van der Waals surface area (Å²) in [5, 5.41) is 3.54. The molecule has 2 N–H and O–H groups in total. The fourth-order valence-electron chi connectivity index (χ4n) is 3.09. The van der Waals surface area contributed by atoms with E-state index < -0.39 is 10.0 Å². The topological polar surface area (TPSA) is 58.2 Å². The predicted octanol–water partition coefficient (Wildman–Crippen LogP) is 2.83. The number of hydrogen-bond acceptors (Lipinski definition) is 3. The van der Waals surface area contributed by atoms with E-state index in [0.717, 1.165) is 11.6 Å². The van der Waals surface area contributed by atoms with E-state index >= 15 is 0 Å². The van der Waals surface area contributed by atoms with E-state index in [-0.39, 0.29) is 0 Å². The highest BCUT2D eigenvalue weighted by molar-refractivity contribution is 7.89. The van der Waals surface area contributed by atoms with Crippen molar-refractivity contribution in [3.05, 3.63) is 24.3 Å². The van der Waals surface area contributed by atoms with E-state index in [9.17, 15) is 8.42 Å². The monoisotopic (exact) mass is 296 g/mol. The van der Waals surface area contributed by atoms with Crippen molar-refractivity contribution in [2.24, 2.45) is 11.8 Å². The molecule has 20 heavy (non-hydrogen) atoms. The lowest BCUT2D eigenvalue weighted by Crippen LogP contribution is -2.24. The first-order chi connectivity index (χ1) is 9.47. The minimum atomic E-state index is -3.34. The molecule has 4 nitrogen and oxygen atoms in total. The van der Waals surface area contributed by atoms with E-state index in [1.54, 1.807) is 12.1 Å². The Labute approximate surface area is 122 Å². The Kier molecular flexibility index (Phi) is 4.70. The average molecular weight is 296 g/mol. The molecule has 0 bridgehead atoms. The highest BCUT2D eigenvalue weighted by Gasteiger charge is 2.31. The number of hydrogen-bond donors (Lipinski definition) is 2. The summed E-state index contributed by atoms with van der Waals surface area (Å²) in [4.78, 5) is 0.302. The van der Waals surface area contributed by atoms with E-state index in [1.165, 1.54) is 26.3 Å². The van der Waals surface area contributed by atoms with Gasteiger partial charge in [-0.2, -0.15) is 0 Å². The van der Waals surface area contributed by atoms with E-state index in [1.807, 2.05) is 12.1 Å². The lowest BCUT2D eigenvalue weighted by atomic mass is 9.93. The van der Waals surface area contributed by atoms with Gasteiger partial charge < -0.3 is 5.32 Å². The Morgan fingerprint density at radius 3 is 2.35 bits per heavy atom. The van der Waals surface area contributed by atoms with Crippen molar-refractivity contribution >= 4 is 15.7 Å². The fourth-order valence-corrected chi connectivity index (χ4v) is 3.82. The highest BCUT2D eigenvalue weighted by Crippen LogP contribution is 2.35. The Bertz CT molecular complexity index is 539. The van der Waals surface area contributed by atoms with Gasteiger partial charge in [0.1, 0.15) is 0 Å². The lowest BCUT2D eigenvalue weighted by Gasteiger charge is -2.22. The van der Waals surface area contributed by atoms with Crippen LogP contribution in [-0.2, 0) is 10.0 Å². The largest absolute Gasteiger partial charge is 0.382 e. The fraction of sp³-hybridized carbons (Fsp3) is 0.600. The molecule has 0 saturated heterocycles. The van der Waals surface area contributed by atoms with Crippen molar-refractivity contribution in [3.63, 3.8) is 0 Å². The summed E-state index contributed by atoms with van der Waals surface area (Å²) < 4.78 is 25.6. The minimum absolute atomic E-state index is 0.302. The van der Waals surface area contributed by atoms with Gasteiger partial charge in [-0.05, 0) is 56.0 Å². The Balaban J connectivity index is 2.05. The van der Waals surface area contributed by atoms with Crippen LogP contribution in [-0.4, -0.2) is 21.5 Å². The van der Waals surface area contributed by atoms with Crippen LogP contribution in [0.1, 0.15) is 33.1 Å². The zero-order chi connectivity index (χ0) is 14.8. The van der Waals surface area contributed by atoms with Gasteiger partial charge in [0.05, 0.1) is 4.90 Å². The number of benzene rings is 1. The molecule has 3 unspecified atom stereocenters. The van der Waals surface area contributed by atoms with Crippen LogP contribution in [0.5, 0.6) is 0 Å². The zero-order valence-corrected chi connectivity index (χ0v) is 13.2. The first-order valence-electron chi connectivity index (χ1n) is 7.28. The summed E-state index contributed by atoms with van der Waals surface area (Å²) in [5.41, 5.74) is 0.994. The van der Waals surface area contributed by atoms with Crippen LogP contribution >= 0.6 is 0 Å². The maximum absolute atomic E-state index is 11.7. The van der Waals surface area contributed by atoms with Crippen LogP contribution in [0.3, 0.4) is 0 Å². The lowest BCUT2D eigenvalue weighted by molar-refractivity contribution is 0.392. The smallest absolute Gasteiger partial charge is 0.240 e. The summed E-state index contributed by atoms with van der Waals surface area (Å²) >= 11 is 0. The SMILES string of the molecule is CCC1CCC(Nc2ccc(S(=O)(=O)NC)cc2)C1C. The summed E-state index contributed by atoms with van der Waals surface area (Å²) in [7, 11) is -1.92. The third-order valence-electron chi connectivity index (χ3n) is 4.54. The summed E-state index contributed by atoms with van der Waals surface area (Å²) in [6, 6.07) is 7.47. The first kappa shape index (κ1) is 15.3. The molecule has 2 rings (SSSR count). The molecule has 0 amide bonds. The molecule has 1 fully saturated rings. The van der Waals surface area contributed by atoms with Crippen molar-refractivity contribution in [1.82, 2.24) is 4.72 Å². The van der Waals surface area contributed by atoms with Gasteiger partial charge in [-0.25, -0.2) is 13.1 Å². The number of rotatable bonds is 5. The molecular weight excluding hydrogens is 272 g/mol. The van der Waals surface area contributed by atoms with Gasteiger partial charge in [-0.15, -0.1) is 0 Å². The van der Waals surface area contributed by atoms with E-state index in [4.69, 9.17) is 0 Å². The van der Waals surface area contributed by atoms with Gasteiger partial charge in [0.2, 0.25) is 10.0 Å². The molecule has 0 spiro atoms. The molecule has 1 aromatic carbocycles. The third-order valence-corrected chi connectivity index (χ3v) is 5.97. The normalized spacial score (nSPS) is 26.6. The van der Waals surface area contributed by atoms with Crippen LogP contribution in [0.4, 0.5) is 5.69 Å². The molecule has 0 heterocycles. The predicted molar refractivity (Wildman–Crippen MR) is 82.3 cm³/mol. The third kappa shape index (κ3) is 3.15. The average Bonchev–Trinajstić information content (AvgIpc) is 2.80. The molecule has 5 heteroatoms. The van der Waals surface area contributed by atoms with Gasteiger partial charge in [-0.3, -0.25) is 0 Å². The molecule has 1 aromatic rings. The molecule has 0 aliphatic heterocycles. The first-order valence-corrected chi connectivity index (χ1v) is 8.76. The number of sulfonamides is 1. The number of anilines is 1. The van der Waals surface area contributed by atoms with Crippen molar-refractivity contribution < 1.29 is 8.42 Å². The summed E-state index contributed by atoms with van der Waals surface area (Å²) in [6.07, 6.45) is 3.70. The van der Waals surface area contributed by atoms with Crippen LogP contribution in [0.2, 0.25) is 0 Å². The summed E-state index contributed by atoms with van der Waals surface area (Å²) in [5.74, 6) is 1.47. The molecular formula is C15H24N2O2S. The highest BCUT2D eigenvalue weighted by atomic mass is 32.2. The van der Waals surface area contributed by atoms with Gasteiger partial charge in [0, 0.05) is 11.7 Å². The second-order valence-corrected chi connectivity index (χ2v) is 7.47. The van der Waals surface area contributed by atoms with Gasteiger partial charge in [0.15, 0.2) is 0 Å². The zero-order valence-electron chi connectivity index (χ0n) is 12.4. The van der Waals surface area contributed by atoms with Crippen LogP contribution in [0, 0.1) is 11.8 Å². The Hall–Kier alpha value is -1.07. The standard InChI is InChI=1S/C15H24N2O2S/c1-4-12-5-10-15(11(12)2)17-13-6-8-14(9-7-13)20(18,19)16-3/h6-9,11-12,15-17H,4-5,10H2,1-3H3. The molecule has 112 valence electrons. The van der Waals surface area contributed by atoms with E-state index in [2.05, 4.69) is 23.9 Å². The maximum atomic E-state index is 11.7. The van der Waals surface area contributed by atoms with E-state index in [0.29, 0.717) is 16.9 Å².